The minimum absolute atomic E-state index is 0.134. The highest BCUT2D eigenvalue weighted by molar-refractivity contribution is 7.95. The Morgan fingerprint density at radius 3 is 2.10 bits per heavy atom. The van der Waals surface area contributed by atoms with Crippen molar-refractivity contribution in [3.63, 3.8) is 0 Å². The monoisotopic (exact) mass is 164 g/mol. The van der Waals surface area contributed by atoms with Crippen LogP contribution in [0.1, 0.15) is 13.8 Å². The number of hydrogen-bond acceptors (Lipinski definition) is 4. The molecule has 0 aliphatic carbocycles. The molecule has 0 saturated heterocycles. The standard InChI is InChI=1S/C5H11NO3S/c1-3(2)4(6)5(7)10(8)9/h3-4H,6H2,1-2H3,(H,8,9)/p-1/t4-/m0/s1. The summed E-state index contributed by atoms with van der Waals surface area (Å²) < 4.78 is 20.0. The van der Waals surface area contributed by atoms with Crippen molar-refractivity contribution in [3.05, 3.63) is 0 Å². The molecule has 0 aliphatic rings. The molecule has 0 heterocycles. The third kappa shape index (κ3) is 2.55. The molecule has 0 aromatic rings. The summed E-state index contributed by atoms with van der Waals surface area (Å²) in [6.45, 7) is 3.38. The summed E-state index contributed by atoms with van der Waals surface area (Å²) in [7, 11) is 0. The van der Waals surface area contributed by atoms with Crippen LogP contribution in [-0.4, -0.2) is 19.9 Å². The second-order valence-corrected chi connectivity index (χ2v) is 3.20. The van der Waals surface area contributed by atoms with Gasteiger partial charge in [0, 0.05) is 11.1 Å². The maximum Gasteiger partial charge on any atom is 0.222 e. The van der Waals surface area contributed by atoms with Crippen LogP contribution in [0.4, 0.5) is 0 Å². The van der Waals surface area contributed by atoms with Crippen LogP contribution in [0.3, 0.4) is 0 Å². The minimum Gasteiger partial charge on any atom is -0.766 e. The summed E-state index contributed by atoms with van der Waals surface area (Å²) in [5.74, 6) is -0.134. The van der Waals surface area contributed by atoms with Crippen molar-refractivity contribution in [2.24, 2.45) is 11.7 Å². The van der Waals surface area contributed by atoms with Gasteiger partial charge in [-0.15, -0.1) is 0 Å². The van der Waals surface area contributed by atoms with E-state index in [4.69, 9.17) is 5.73 Å². The molecule has 0 amide bonds. The molecule has 2 atom stereocenters. The summed E-state index contributed by atoms with van der Waals surface area (Å²) in [5.41, 5.74) is 5.22. The van der Waals surface area contributed by atoms with Crippen LogP contribution in [-0.2, 0) is 15.9 Å². The van der Waals surface area contributed by atoms with Crippen LogP contribution in [0.2, 0.25) is 0 Å². The molecule has 4 nitrogen and oxygen atoms in total. The number of carbonyl (C=O) groups excluding carboxylic acids is 1. The highest BCUT2D eigenvalue weighted by Crippen LogP contribution is 2.00. The molecule has 2 N–H and O–H groups in total. The van der Waals surface area contributed by atoms with Crippen LogP contribution in [0.5, 0.6) is 0 Å². The van der Waals surface area contributed by atoms with Gasteiger partial charge >= 0.3 is 0 Å². The van der Waals surface area contributed by atoms with Crippen LogP contribution < -0.4 is 5.73 Å². The fourth-order valence-corrected chi connectivity index (χ4v) is 0.878. The summed E-state index contributed by atoms with van der Waals surface area (Å²) in [6.07, 6.45) is 0. The van der Waals surface area contributed by atoms with E-state index in [2.05, 4.69) is 0 Å². The number of hydrogen-bond donors (Lipinski definition) is 1. The largest absolute Gasteiger partial charge is 0.766 e. The normalized spacial score (nSPS) is 16.9. The smallest absolute Gasteiger partial charge is 0.222 e. The third-order valence-electron chi connectivity index (χ3n) is 1.15. The zero-order valence-electron chi connectivity index (χ0n) is 5.87. The van der Waals surface area contributed by atoms with Crippen molar-refractivity contribution in [3.8, 4) is 0 Å². The predicted molar refractivity (Wildman–Crippen MR) is 36.7 cm³/mol. The Morgan fingerprint density at radius 1 is 1.60 bits per heavy atom. The van der Waals surface area contributed by atoms with Gasteiger partial charge in [0.2, 0.25) is 5.12 Å². The Balaban J connectivity index is 4.08. The minimum atomic E-state index is -2.67. The Labute approximate surface area is 62.1 Å². The summed E-state index contributed by atoms with van der Waals surface area (Å²) >= 11 is -2.67. The van der Waals surface area contributed by atoms with Gasteiger partial charge in [-0.2, -0.15) is 0 Å². The fourth-order valence-electron chi connectivity index (χ4n) is 0.383. The molecule has 0 rings (SSSR count). The SMILES string of the molecule is CC(C)[C@H](N)C(=O)S(=O)[O-]. The molecule has 0 saturated carbocycles. The van der Waals surface area contributed by atoms with Gasteiger partial charge in [0.15, 0.2) is 0 Å². The first-order chi connectivity index (χ1) is 4.46. The van der Waals surface area contributed by atoms with Gasteiger partial charge in [-0.05, 0) is 5.92 Å². The topological polar surface area (TPSA) is 83.2 Å². The first-order valence-electron chi connectivity index (χ1n) is 2.85. The molecule has 1 unspecified atom stereocenters. The molecule has 5 heteroatoms. The summed E-state index contributed by atoms with van der Waals surface area (Å²) in [4.78, 5) is 10.5. The van der Waals surface area contributed by atoms with E-state index in [1.54, 1.807) is 13.8 Å². The Hall–Kier alpha value is -0.260. The molecule has 10 heavy (non-hydrogen) atoms. The van der Waals surface area contributed by atoms with E-state index >= 15 is 0 Å². The molecule has 0 fully saturated rings. The van der Waals surface area contributed by atoms with Gasteiger partial charge in [-0.1, -0.05) is 13.8 Å². The van der Waals surface area contributed by atoms with E-state index in [0.717, 1.165) is 0 Å². The molecule has 0 aromatic carbocycles. The molecule has 60 valence electrons. The molecule has 0 aliphatic heterocycles. The number of nitrogens with two attached hydrogens (primary N) is 1. The highest BCUT2D eigenvalue weighted by atomic mass is 32.2. The van der Waals surface area contributed by atoms with Gasteiger partial charge in [-0.3, -0.25) is 9.00 Å². The maximum absolute atomic E-state index is 10.5. The van der Waals surface area contributed by atoms with Crippen molar-refractivity contribution in [1.29, 1.82) is 0 Å². The Bertz CT molecular complexity index is 157. The van der Waals surface area contributed by atoms with Crippen molar-refractivity contribution >= 4 is 16.2 Å². The first-order valence-corrected chi connectivity index (χ1v) is 3.93. The van der Waals surface area contributed by atoms with E-state index in [9.17, 15) is 13.6 Å². The molecule has 0 spiro atoms. The number of rotatable bonds is 2. The van der Waals surface area contributed by atoms with E-state index in [-0.39, 0.29) is 5.92 Å². The second-order valence-electron chi connectivity index (χ2n) is 2.32. The average Bonchev–Trinajstić information content (AvgIpc) is 1.84. The van der Waals surface area contributed by atoms with Gasteiger partial charge in [0.05, 0.1) is 6.04 Å². The van der Waals surface area contributed by atoms with Crippen molar-refractivity contribution < 1.29 is 13.6 Å². The molecule has 0 radical (unpaired) electrons. The predicted octanol–water partition coefficient (Wildman–Crippen LogP) is -0.625. The molecular formula is C5H10NO3S-. The van der Waals surface area contributed by atoms with Crippen molar-refractivity contribution in [2.45, 2.75) is 19.9 Å². The summed E-state index contributed by atoms with van der Waals surface area (Å²) in [6, 6.07) is -0.890. The fraction of sp³-hybridized carbons (Fsp3) is 0.800. The second kappa shape index (κ2) is 3.80. The van der Waals surface area contributed by atoms with Crippen molar-refractivity contribution in [1.82, 2.24) is 0 Å². The molecule has 0 bridgehead atoms. The van der Waals surface area contributed by atoms with Gasteiger partial charge in [0.1, 0.15) is 0 Å². The van der Waals surface area contributed by atoms with Crippen LogP contribution >= 0.6 is 0 Å². The van der Waals surface area contributed by atoms with Crippen molar-refractivity contribution in [2.75, 3.05) is 0 Å². The zero-order valence-corrected chi connectivity index (χ0v) is 6.68. The van der Waals surface area contributed by atoms with Gasteiger partial charge in [-0.25, -0.2) is 0 Å². The van der Waals surface area contributed by atoms with E-state index in [1.807, 2.05) is 0 Å². The zero-order chi connectivity index (χ0) is 8.31. The lowest BCUT2D eigenvalue weighted by atomic mass is 10.1. The Kier molecular flexibility index (Phi) is 3.70. The van der Waals surface area contributed by atoms with Crippen LogP contribution in [0, 0.1) is 5.92 Å². The quantitative estimate of drug-likeness (QED) is 0.551. The molecular weight excluding hydrogens is 154 g/mol. The first kappa shape index (κ1) is 9.74. The number of carbonyl (C=O) groups is 1. The Morgan fingerprint density at radius 2 is 2.00 bits per heavy atom. The molecule has 0 aromatic heterocycles. The third-order valence-corrected chi connectivity index (χ3v) is 1.76. The van der Waals surface area contributed by atoms with E-state index in [0.29, 0.717) is 0 Å². The lowest BCUT2D eigenvalue weighted by Crippen LogP contribution is -2.37. The lowest BCUT2D eigenvalue weighted by Gasteiger charge is -2.14. The summed E-state index contributed by atoms with van der Waals surface area (Å²) in [5, 5.41) is -0.921. The lowest BCUT2D eigenvalue weighted by molar-refractivity contribution is -0.113. The van der Waals surface area contributed by atoms with Crippen LogP contribution in [0.15, 0.2) is 0 Å². The maximum atomic E-state index is 10.5. The van der Waals surface area contributed by atoms with E-state index < -0.39 is 22.2 Å². The average molecular weight is 164 g/mol. The van der Waals surface area contributed by atoms with Crippen LogP contribution in [0.25, 0.3) is 0 Å². The highest BCUT2D eigenvalue weighted by Gasteiger charge is 2.17. The van der Waals surface area contributed by atoms with Gasteiger partial charge < -0.3 is 10.3 Å². The van der Waals surface area contributed by atoms with E-state index in [1.165, 1.54) is 0 Å². The van der Waals surface area contributed by atoms with Gasteiger partial charge in [0.25, 0.3) is 0 Å².